The van der Waals surface area contributed by atoms with Gasteiger partial charge in [0.2, 0.25) is 0 Å². The van der Waals surface area contributed by atoms with E-state index in [0.29, 0.717) is 6.04 Å². The highest BCUT2D eigenvalue weighted by Crippen LogP contribution is 2.43. The van der Waals surface area contributed by atoms with E-state index in [1.807, 2.05) is 0 Å². The molecule has 0 aliphatic heterocycles. The molecule has 0 aromatic carbocycles. The van der Waals surface area contributed by atoms with E-state index in [2.05, 4.69) is 12.3 Å². The molecule has 0 heterocycles. The predicted octanol–water partition coefficient (Wildman–Crippen LogP) is 2.44. The van der Waals surface area contributed by atoms with Crippen LogP contribution in [0.1, 0.15) is 51.9 Å². The summed E-state index contributed by atoms with van der Waals surface area (Å²) in [4.78, 5) is 0. The van der Waals surface area contributed by atoms with Crippen molar-refractivity contribution in [3.8, 4) is 0 Å². The molecule has 2 aliphatic carbocycles. The van der Waals surface area contributed by atoms with Crippen LogP contribution in [0.15, 0.2) is 0 Å². The van der Waals surface area contributed by atoms with E-state index in [4.69, 9.17) is 5.84 Å². The summed E-state index contributed by atoms with van der Waals surface area (Å²) >= 11 is 0. The molecule has 0 radical (unpaired) electrons. The van der Waals surface area contributed by atoms with Crippen molar-refractivity contribution >= 4 is 0 Å². The van der Waals surface area contributed by atoms with Crippen LogP contribution in [0.4, 0.5) is 0 Å². The Hall–Kier alpha value is -0.0800. The number of nitrogens with two attached hydrogens (primary N) is 1. The lowest BCUT2D eigenvalue weighted by Gasteiger charge is -2.36. The first-order valence-electron chi connectivity index (χ1n) is 6.33. The van der Waals surface area contributed by atoms with Gasteiger partial charge in [0.1, 0.15) is 0 Å². The fraction of sp³-hybridized carbons (Fsp3) is 1.00. The minimum absolute atomic E-state index is 0.625. The third-order valence-corrected chi connectivity index (χ3v) is 4.28. The number of hydrogen-bond donors (Lipinski definition) is 2. The molecule has 3 unspecified atom stereocenters. The maximum absolute atomic E-state index is 5.71. The molecule has 14 heavy (non-hydrogen) atoms. The van der Waals surface area contributed by atoms with Crippen LogP contribution >= 0.6 is 0 Å². The van der Waals surface area contributed by atoms with E-state index >= 15 is 0 Å². The zero-order valence-corrected chi connectivity index (χ0v) is 9.34. The molecular formula is C12H24N2. The van der Waals surface area contributed by atoms with Gasteiger partial charge in [-0.25, -0.2) is 0 Å². The summed E-state index contributed by atoms with van der Waals surface area (Å²) in [7, 11) is 0. The van der Waals surface area contributed by atoms with Gasteiger partial charge in [0.15, 0.2) is 0 Å². The van der Waals surface area contributed by atoms with Gasteiger partial charge in [0.05, 0.1) is 0 Å². The molecule has 3 N–H and O–H groups in total. The third-order valence-electron chi connectivity index (χ3n) is 4.28. The van der Waals surface area contributed by atoms with E-state index < -0.39 is 0 Å². The van der Waals surface area contributed by atoms with Crippen molar-refractivity contribution in [2.24, 2.45) is 23.6 Å². The highest BCUT2D eigenvalue weighted by Gasteiger charge is 2.39. The quantitative estimate of drug-likeness (QED) is 0.535. The standard InChI is InChI=1S/C12H24N2/c1-2-9-5-3-4-6-11(9)12(14-13)10-7-8-10/h9-12,14H,2-8,13H2,1H3. The van der Waals surface area contributed by atoms with Crippen LogP contribution in [0.5, 0.6) is 0 Å². The summed E-state index contributed by atoms with van der Waals surface area (Å²) in [5, 5.41) is 0. The number of rotatable bonds is 4. The molecule has 2 saturated carbocycles. The zero-order chi connectivity index (χ0) is 9.97. The van der Waals surface area contributed by atoms with Crippen molar-refractivity contribution in [2.75, 3.05) is 0 Å². The van der Waals surface area contributed by atoms with Crippen molar-refractivity contribution in [2.45, 2.75) is 57.9 Å². The summed E-state index contributed by atoms with van der Waals surface area (Å²) in [5.74, 6) is 8.41. The Bertz CT molecular complexity index is 177. The molecule has 0 amide bonds. The van der Waals surface area contributed by atoms with Crippen molar-refractivity contribution in [1.82, 2.24) is 5.43 Å². The Labute approximate surface area is 87.6 Å². The Kier molecular flexibility index (Phi) is 3.45. The maximum atomic E-state index is 5.71. The second kappa shape index (κ2) is 4.63. The minimum atomic E-state index is 0.625. The highest BCUT2D eigenvalue weighted by atomic mass is 15.2. The molecule has 2 nitrogen and oxygen atoms in total. The van der Waals surface area contributed by atoms with Gasteiger partial charge in [-0.1, -0.05) is 32.6 Å². The van der Waals surface area contributed by atoms with Crippen LogP contribution in [0, 0.1) is 17.8 Å². The van der Waals surface area contributed by atoms with E-state index in [-0.39, 0.29) is 0 Å². The summed E-state index contributed by atoms with van der Waals surface area (Å²) in [6.07, 6.45) is 9.86. The van der Waals surface area contributed by atoms with E-state index in [9.17, 15) is 0 Å². The van der Waals surface area contributed by atoms with Crippen LogP contribution in [0.25, 0.3) is 0 Å². The van der Waals surface area contributed by atoms with Gasteiger partial charge < -0.3 is 0 Å². The zero-order valence-electron chi connectivity index (χ0n) is 9.34. The first-order valence-corrected chi connectivity index (χ1v) is 6.33. The van der Waals surface area contributed by atoms with Crippen molar-refractivity contribution in [3.63, 3.8) is 0 Å². The molecule has 2 aliphatic rings. The van der Waals surface area contributed by atoms with Gasteiger partial charge in [-0.3, -0.25) is 11.3 Å². The molecule has 0 spiro atoms. The Balaban J connectivity index is 1.96. The number of hydrogen-bond acceptors (Lipinski definition) is 2. The predicted molar refractivity (Wildman–Crippen MR) is 59.6 cm³/mol. The molecule has 2 rings (SSSR count). The van der Waals surface area contributed by atoms with Crippen LogP contribution in [0.3, 0.4) is 0 Å². The van der Waals surface area contributed by atoms with Crippen LogP contribution in [-0.2, 0) is 0 Å². The molecule has 3 atom stereocenters. The fourth-order valence-electron chi connectivity index (χ4n) is 3.28. The number of hydrazine groups is 1. The van der Waals surface area contributed by atoms with E-state index in [1.54, 1.807) is 0 Å². The summed E-state index contributed by atoms with van der Waals surface area (Å²) in [6.45, 7) is 2.34. The molecule has 2 heteroatoms. The second-order valence-corrected chi connectivity index (χ2v) is 5.15. The second-order valence-electron chi connectivity index (χ2n) is 5.15. The topological polar surface area (TPSA) is 38.0 Å². The Morgan fingerprint density at radius 2 is 1.93 bits per heavy atom. The average molecular weight is 196 g/mol. The average Bonchev–Trinajstić information content (AvgIpc) is 3.04. The van der Waals surface area contributed by atoms with Crippen molar-refractivity contribution in [1.29, 1.82) is 0 Å². The van der Waals surface area contributed by atoms with Crippen molar-refractivity contribution < 1.29 is 0 Å². The summed E-state index contributed by atoms with van der Waals surface area (Å²) in [6, 6.07) is 0.625. The minimum Gasteiger partial charge on any atom is -0.271 e. The lowest BCUT2D eigenvalue weighted by Crippen LogP contribution is -2.46. The fourth-order valence-corrected chi connectivity index (χ4v) is 3.28. The first-order chi connectivity index (χ1) is 6.86. The summed E-state index contributed by atoms with van der Waals surface area (Å²) in [5.41, 5.74) is 3.10. The van der Waals surface area contributed by atoms with Gasteiger partial charge in [-0.15, -0.1) is 0 Å². The van der Waals surface area contributed by atoms with Gasteiger partial charge in [0, 0.05) is 6.04 Å². The van der Waals surface area contributed by atoms with Gasteiger partial charge in [0.25, 0.3) is 0 Å². The monoisotopic (exact) mass is 196 g/mol. The summed E-state index contributed by atoms with van der Waals surface area (Å²) < 4.78 is 0. The molecule has 2 fully saturated rings. The molecule has 0 aromatic heterocycles. The SMILES string of the molecule is CCC1CCCCC1C(NN)C1CC1. The molecular weight excluding hydrogens is 172 g/mol. The molecule has 82 valence electrons. The molecule has 0 saturated heterocycles. The smallest absolute Gasteiger partial charge is 0.0269 e. The Morgan fingerprint density at radius 1 is 1.21 bits per heavy atom. The maximum Gasteiger partial charge on any atom is 0.0269 e. The van der Waals surface area contributed by atoms with Gasteiger partial charge in [-0.05, 0) is 37.0 Å². The van der Waals surface area contributed by atoms with Gasteiger partial charge in [-0.2, -0.15) is 0 Å². The highest BCUT2D eigenvalue weighted by molar-refractivity contribution is 4.93. The van der Waals surface area contributed by atoms with Crippen LogP contribution in [0.2, 0.25) is 0 Å². The third kappa shape index (κ3) is 2.12. The largest absolute Gasteiger partial charge is 0.271 e. The lowest BCUT2D eigenvalue weighted by molar-refractivity contribution is 0.162. The van der Waals surface area contributed by atoms with Crippen LogP contribution in [-0.4, -0.2) is 6.04 Å². The normalized spacial score (nSPS) is 35.6. The first kappa shape index (κ1) is 10.4. The van der Waals surface area contributed by atoms with E-state index in [1.165, 1.54) is 44.9 Å². The molecule has 0 bridgehead atoms. The Morgan fingerprint density at radius 3 is 2.50 bits per heavy atom. The molecule has 0 aromatic rings. The van der Waals surface area contributed by atoms with Crippen LogP contribution < -0.4 is 11.3 Å². The lowest BCUT2D eigenvalue weighted by atomic mass is 9.73. The van der Waals surface area contributed by atoms with Crippen molar-refractivity contribution in [3.05, 3.63) is 0 Å². The van der Waals surface area contributed by atoms with E-state index in [0.717, 1.165) is 17.8 Å². The number of nitrogens with one attached hydrogen (secondary N) is 1. The van der Waals surface area contributed by atoms with Gasteiger partial charge >= 0.3 is 0 Å².